The number of rotatable bonds is 6. The summed E-state index contributed by atoms with van der Waals surface area (Å²) >= 11 is 1.33. The Labute approximate surface area is 224 Å². The van der Waals surface area contributed by atoms with Crippen molar-refractivity contribution in [3.63, 3.8) is 0 Å². The quantitative estimate of drug-likeness (QED) is 0.322. The lowest BCUT2D eigenvalue weighted by atomic mass is 10.0. The van der Waals surface area contributed by atoms with Crippen molar-refractivity contribution in [2.75, 3.05) is 22.9 Å². The highest BCUT2D eigenvalue weighted by atomic mass is 35.7. The van der Waals surface area contributed by atoms with Gasteiger partial charge in [-0.3, -0.25) is 9.59 Å². The van der Waals surface area contributed by atoms with E-state index in [4.69, 9.17) is 10.7 Å². The zero-order valence-corrected chi connectivity index (χ0v) is 22.8. The number of hydrogen-bond acceptors (Lipinski definition) is 8. The van der Waals surface area contributed by atoms with Gasteiger partial charge in [-0.15, -0.1) is 11.3 Å². The standard InChI is InChI=1S/C14H14N2O3S2.C10H10ClNO3S/c17-10-16-6-1-2-11-8-12(3-4-13(11)16)21(18,19)9-14-15-5-7-20-14;11-16(14,15)9-3-4-10-8(6-9)2-1-5-12(10)7-13/h3-5,7-8,10H,1-2,6,9H2;3-4,6-7H,1-2,5H2. The van der Waals surface area contributed by atoms with E-state index in [2.05, 4.69) is 4.98 Å². The molecule has 3 heterocycles. The third-order valence-electron chi connectivity index (χ3n) is 6.10. The van der Waals surface area contributed by atoms with Gasteiger partial charge in [-0.1, -0.05) is 0 Å². The molecule has 5 rings (SSSR count). The van der Waals surface area contributed by atoms with Crippen LogP contribution in [-0.2, 0) is 47.1 Å². The van der Waals surface area contributed by atoms with Gasteiger partial charge in [0.25, 0.3) is 9.05 Å². The summed E-state index contributed by atoms with van der Waals surface area (Å²) in [7, 11) is -1.83. The molecule has 2 aromatic carbocycles. The third-order valence-corrected chi connectivity index (χ3v) is 10.0. The van der Waals surface area contributed by atoms with Gasteiger partial charge >= 0.3 is 0 Å². The molecule has 1 aromatic heterocycles. The fourth-order valence-electron chi connectivity index (χ4n) is 4.34. The predicted octanol–water partition coefficient (Wildman–Crippen LogP) is 3.55. The number of benzene rings is 2. The van der Waals surface area contributed by atoms with Crippen LogP contribution in [0, 0.1) is 0 Å². The molecule has 0 bridgehead atoms. The highest BCUT2D eigenvalue weighted by Crippen LogP contribution is 2.30. The minimum absolute atomic E-state index is 0.0825. The third kappa shape index (κ3) is 6.38. The molecule has 2 amide bonds. The Hall–Kier alpha value is -2.80. The molecule has 0 unspecified atom stereocenters. The first-order valence-corrected chi connectivity index (χ1v) is 16.2. The molecule has 0 aliphatic carbocycles. The molecule has 37 heavy (non-hydrogen) atoms. The normalized spacial score (nSPS) is 15.2. The van der Waals surface area contributed by atoms with Gasteiger partial charge < -0.3 is 9.80 Å². The van der Waals surface area contributed by atoms with E-state index in [0.29, 0.717) is 23.0 Å². The largest absolute Gasteiger partial charge is 0.315 e. The molecule has 196 valence electrons. The van der Waals surface area contributed by atoms with Crippen LogP contribution in [0.2, 0.25) is 0 Å². The summed E-state index contributed by atoms with van der Waals surface area (Å²) in [6.45, 7) is 1.35. The maximum Gasteiger partial charge on any atom is 0.261 e. The van der Waals surface area contributed by atoms with Gasteiger partial charge in [-0.25, -0.2) is 21.8 Å². The highest BCUT2D eigenvalue weighted by molar-refractivity contribution is 8.13. The van der Waals surface area contributed by atoms with Gasteiger partial charge in [-0.2, -0.15) is 0 Å². The Bertz CT molecular complexity index is 1510. The molecular formula is C24H24ClN3O6S3. The smallest absolute Gasteiger partial charge is 0.261 e. The predicted molar refractivity (Wildman–Crippen MR) is 142 cm³/mol. The SMILES string of the molecule is O=CN1CCCc2cc(S(=O)(=O)Cc3nccs3)ccc21.O=CN1CCCc2cc(S(=O)(=O)Cl)ccc21. The number of aryl methyl sites for hydroxylation is 2. The molecule has 13 heteroatoms. The first-order chi connectivity index (χ1) is 17.6. The highest BCUT2D eigenvalue weighted by Gasteiger charge is 2.22. The van der Waals surface area contributed by atoms with Crippen LogP contribution in [0.4, 0.5) is 11.4 Å². The fourth-order valence-corrected chi connectivity index (χ4v) is 7.44. The Kier molecular flexibility index (Phi) is 8.32. The summed E-state index contributed by atoms with van der Waals surface area (Å²) in [6.07, 6.45) is 6.39. The minimum Gasteiger partial charge on any atom is -0.315 e. The molecule has 0 fully saturated rings. The first-order valence-electron chi connectivity index (χ1n) is 11.4. The van der Waals surface area contributed by atoms with Crippen molar-refractivity contribution in [2.45, 2.75) is 41.2 Å². The van der Waals surface area contributed by atoms with Crippen LogP contribution in [0.3, 0.4) is 0 Å². The van der Waals surface area contributed by atoms with Gasteiger partial charge in [0.15, 0.2) is 9.84 Å². The minimum atomic E-state index is -3.70. The molecule has 0 atom stereocenters. The van der Waals surface area contributed by atoms with Crippen molar-refractivity contribution < 1.29 is 26.4 Å². The van der Waals surface area contributed by atoms with Crippen LogP contribution in [0.1, 0.15) is 29.0 Å². The van der Waals surface area contributed by atoms with Gasteiger partial charge in [-0.05, 0) is 73.2 Å². The van der Waals surface area contributed by atoms with E-state index in [-0.39, 0.29) is 10.6 Å². The average Bonchev–Trinajstić information content (AvgIpc) is 3.39. The van der Waals surface area contributed by atoms with Gasteiger partial charge in [0, 0.05) is 46.7 Å². The second-order valence-corrected chi connectivity index (χ2v) is 14.0. The fraction of sp³-hybridized carbons (Fsp3) is 0.292. The number of amides is 2. The zero-order valence-electron chi connectivity index (χ0n) is 19.6. The van der Waals surface area contributed by atoms with Crippen molar-refractivity contribution >= 4 is 65.1 Å². The van der Waals surface area contributed by atoms with Crippen molar-refractivity contribution in [1.29, 1.82) is 0 Å². The molecule has 0 N–H and O–H groups in total. The number of sulfone groups is 1. The average molecular weight is 582 g/mol. The number of carbonyl (C=O) groups excluding carboxylic acids is 2. The molecular weight excluding hydrogens is 558 g/mol. The molecule has 9 nitrogen and oxygen atoms in total. The molecule has 3 aromatic rings. The zero-order chi connectivity index (χ0) is 26.6. The van der Waals surface area contributed by atoms with Crippen LogP contribution in [-0.4, -0.2) is 47.7 Å². The number of hydrogen-bond donors (Lipinski definition) is 0. The van der Waals surface area contributed by atoms with Crippen molar-refractivity contribution in [1.82, 2.24) is 4.98 Å². The molecule has 2 aliphatic heterocycles. The molecule has 0 saturated heterocycles. The van der Waals surface area contributed by atoms with E-state index in [9.17, 15) is 26.4 Å². The van der Waals surface area contributed by atoms with E-state index in [0.717, 1.165) is 61.0 Å². The monoisotopic (exact) mass is 581 g/mol. The van der Waals surface area contributed by atoms with Gasteiger partial charge in [0.05, 0.1) is 9.79 Å². The molecule has 0 spiro atoms. The molecule has 0 radical (unpaired) electrons. The Morgan fingerprint density at radius 1 is 0.865 bits per heavy atom. The van der Waals surface area contributed by atoms with E-state index in [1.807, 2.05) is 0 Å². The van der Waals surface area contributed by atoms with Crippen LogP contribution in [0.15, 0.2) is 57.8 Å². The summed E-state index contributed by atoms with van der Waals surface area (Å²) in [5, 5.41) is 2.35. The summed E-state index contributed by atoms with van der Waals surface area (Å²) < 4.78 is 47.1. The molecule has 0 saturated carbocycles. The van der Waals surface area contributed by atoms with E-state index >= 15 is 0 Å². The van der Waals surface area contributed by atoms with Crippen LogP contribution >= 0.6 is 22.0 Å². The van der Waals surface area contributed by atoms with E-state index < -0.39 is 18.9 Å². The number of anilines is 2. The lowest BCUT2D eigenvalue weighted by Crippen LogP contribution is -2.27. The van der Waals surface area contributed by atoms with Crippen molar-refractivity contribution in [3.8, 4) is 0 Å². The van der Waals surface area contributed by atoms with E-state index in [1.54, 1.807) is 45.6 Å². The summed E-state index contributed by atoms with van der Waals surface area (Å²) in [6, 6.07) is 9.56. The number of carbonyl (C=O) groups is 2. The second-order valence-electron chi connectivity index (χ2n) is 8.51. The number of nitrogens with zero attached hydrogens (tertiary/aromatic N) is 3. The van der Waals surface area contributed by atoms with E-state index in [1.165, 1.54) is 23.5 Å². The van der Waals surface area contributed by atoms with Gasteiger partial charge in [0.2, 0.25) is 12.8 Å². The topological polar surface area (TPSA) is 122 Å². The number of aromatic nitrogens is 1. The van der Waals surface area contributed by atoms with Crippen molar-refractivity contribution in [2.24, 2.45) is 0 Å². The summed E-state index contributed by atoms with van der Waals surface area (Å²) in [4.78, 5) is 29.4. The lowest BCUT2D eigenvalue weighted by Gasteiger charge is -2.26. The maximum atomic E-state index is 12.4. The maximum absolute atomic E-state index is 12.4. The van der Waals surface area contributed by atoms with Gasteiger partial charge in [0.1, 0.15) is 10.8 Å². The summed E-state index contributed by atoms with van der Waals surface area (Å²) in [5.74, 6) is -0.0825. The Balaban J connectivity index is 0.000000180. The number of thiazole rings is 1. The van der Waals surface area contributed by atoms with Crippen LogP contribution in [0.25, 0.3) is 0 Å². The summed E-state index contributed by atoms with van der Waals surface area (Å²) in [5.41, 5.74) is 3.34. The lowest BCUT2D eigenvalue weighted by molar-refractivity contribution is -0.108. The Morgan fingerprint density at radius 3 is 1.89 bits per heavy atom. The van der Waals surface area contributed by atoms with Crippen molar-refractivity contribution in [3.05, 3.63) is 64.1 Å². The number of halogens is 1. The molecule has 2 aliphatic rings. The first kappa shape index (κ1) is 27.2. The Morgan fingerprint density at radius 2 is 1.41 bits per heavy atom. The number of fused-ring (bicyclic) bond motifs is 2. The van der Waals surface area contributed by atoms with Crippen LogP contribution < -0.4 is 9.80 Å². The van der Waals surface area contributed by atoms with Crippen LogP contribution in [0.5, 0.6) is 0 Å². The second kappa shape index (κ2) is 11.3.